The Morgan fingerprint density at radius 2 is 2.00 bits per heavy atom. The Labute approximate surface area is 131 Å². The van der Waals surface area contributed by atoms with Crippen molar-refractivity contribution in [3.8, 4) is 0 Å². The average molecular weight is 316 g/mol. The number of nitrogens with zero attached hydrogens (tertiary/aromatic N) is 2. The molecule has 1 aliphatic heterocycles. The summed E-state index contributed by atoms with van der Waals surface area (Å²) in [4.78, 5) is 4.83. The molecule has 5 heteroatoms. The first-order valence-corrected chi connectivity index (χ1v) is 8.00. The molecule has 20 heavy (non-hydrogen) atoms. The van der Waals surface area contributed by atoms with Crippen LogP contribution in [0.25, 0.3) is 0 Å². The minimum absolute atomic E-state index is 0.213. The van der Waals surface area contributed by atoms with Crippen LogP contribution >= 0.6 is 23.2 Å². The van der Waals surface area contributed by atoms with Gasteiger partial charge < -0.3 is 10.6 Å². The predicted molar refractivity (Wildman–Crippen MR) is 86.5 cm³/mol. The Morgan fingerprint density at radius 1 is 1.30 bits per heavy atom. The van der Waals surface area contributed by atoms with E-state index in [1.807, 2.05) is 12.1 Å². The molecule has 0 bridgehead atoms. The normalized spacial score (nSPS) is 18.8. The first kappa shape index (κ1) is 16.1. The lowest BCUT2D eigenvalue weighted by Gasteiger charge is -2.27. The van der Waals surface area contributed by atoms with Crippen LogP contribution in [0, 0.1) is 0 Å². The van der Waals surface area contributed by atoms with Gasteiger partial charge in [-0.15, -0.1) is 0 Å². The van der Waals surface area contributed by atoms with Gasteiger partial charge in [0.25, 0.3) is 0 Å². The van der Waals surface area contributed by atoms with E-state index in [4.69, 9.17) is 28.9 Å². The fraction of sp³-hybridized carbons (Fsp3) is 0.600. The molecule has 2 N–H and O–H groups in total. The number of fused-ring (bicyclic) bond motifs is 1. The molecule has 0 saturated heterocycles. The van der Waals surface area contributed by atoms with E-state index < -0.39 is 0 Å². The Kier molecular flexibility index (Phi) is 5.70. The third-order valence-electron chi connectivity index (χ3n) is 4.15. The second-order valence-electron chi connectivity index (χ2n) is 5.21. The largest absolute Gasteiger partial charge is 0.329 e. The Balaban J connectivity index is 2.12. The van der Waals surface area contributed by atoms with Gasteiger partial charge in [-0.1, -0.05) is 37.0 Å². The van der Waals surface area contributed by atoms with Gasteiger partial charge in [-0.05, 0) is 36.3 Å². The molecule has 0 saturated carbocycles. The first-order valence-electron chi connectivity index (χ1n) is 7.24. The number of rotatable bonds is 6. The number of hydrogen-bond donors (Lipinski definition) is 1. The van der Waals surface area contributed by atoms with Crippen LogP contribution in [0.1, 0.15) is 31.0 Å². The molecule has 1 aromatic carbocycles. The van der Waals surface area contributed by atoms with Crippen LogP contribution in [0.2, 0.25) is 10.0 Å². The van der Waals surface area contributed by atoms with Crippen molar-refractivity contribution in [3.05, 3.63) is 33.3 Å². The monoisotopic (exact) mass is 315 g/mol. The summed E-state index contributed by atoms with van der Waals surface area (Å²) in [5.41, 5.74) is 8.36. The summed E-state index contributed by atoms with van der Waals surface area (Å²) in [6, 6.07) is 4.05. The van der Waals surface area contributed by atoms with Gasteiger partial charge in [0.15, 0.2) is 0 Å². The molecule has 0 spiro atoms. The van der Waals surface area contributed by atoms with Crippen LogP contribution in [0.5, 0.6) is 0 Å². The second-order valence-corrected chi connectivity index (χ2v) is 6.05. The number of hydrogen-bond acceptors (Lipinski definition) is 3. The van der Waals surface area contributed by atoms with Crippen molar-refractivity contribution in [3.63, 3.8) is 0 Å². The molecule has 2 rings (SSSR count). The lowest BCUT2D eigenvalue weighted by atomic mass is 10.0. The standard InChI is InChI=1S/C15H23Cl2N3/c1-3-19(4-2)5-6-20-10-11-7-12(16)8-13(17)15(11)14(20)9-18/h7-8,14H,3-6,9-10,18H2,1-2H3. The van der Waals surface area contributed by atoms with Gasteiger partial charge in [0.05, 0.1) is 0 Å². The van der Waals surface area contributed by atoms with Crippen molar-refractivity contribution in [2.45, 2.75) is 26.4 Å². The number of likely N-dealkylation sites (N-methyl/N-ethyl adjacent to an activating group) is 1. The molecule has 1 aromatic rings. The zero-order chi connectivity index (χ0) is 14.7. The minimum Gasteiger partial charge on any atom is -0.329 e. The zero-order valence-corrected chi connectivity index (χ0v) is 13.7. The smallest absolute Gasteiger partial charge is 0.0492 e. The molecule has 1 heterocycles. The van der Waals surface area contributed by atoms with E-state index in [9.17, 15) is 0 Å². The number of benzene rings is 1. The molecular formula is C15H23Cl2N3. The van der Waals surface area contributed by atoms with Gasteiger partial charge in [0.2, 0.25) is 0 Å². The van der Waals surface area contributed by atoms with Crippen LogP contribution in [0.3, 0.4) is 0 Å². The summed E-state index contributed by atoms with van der Waals surface area (Å²) >= 11 is 12.5. The molecule has 0 amide bonds. The molecular weight excluding hydrogens is 293 g/mol. The van der Waals surface area contributed by atoms with Gasteiger partial charge in [-0.2, -0.15) is 0 Å². The van der Waals surface area contributed by atoms with Crippen molar-refractivity contribution in [2.24, 2.45) is 5.73 Å². The Morgan fingerprint density at radius 3 is 2.60 bits per heavy atom. The van der Waals surface area contributed by atoms with E-state index in [0.717, 1.165) is 43.3 Å². The maximum Gasteiger partial charge on any atom is 0.0492 e. The fourth-order valence-electron chi connectivity index (χ4n) is 2.97. The third kappa shape index (κ3) is 3.29. The van der Waals surface area contributed by atoms with Crippen LogP contribution in [0.15, 0.2) is 12.1 Å². The highest BCUT2D eigenvalue weighted by atomic mass is 35.5. The predicted octanol–water partition coefficient (Wildman–Crippen LogP) is 3.15. The van der Waals surface area contributed by atoms with Gasteiger partial charge in [-0.3, -0.25) is 4.90 Å². The molecule has 0 aromatic heterocycles. The second kappa shape index (κ2) is 7.10. The van der Waals surface area contributed by atoms with E-state index in [1.165, 1.54) is 5.56 Å². The molecule has 0 aliphatic carbocycles. The molecule has 1 aliphatic rings. The van der Waals surface area contributed by atoms with Crippen molar-refractivity contribution < 1.29 is 0 Å². The van der Waals surface area contributed by atoms with Crippen molar-refractivity contribution in [1.82, 2.24) is 9.80 Å². The highest BCUT2D eigenvalue weighted by molar-refractivity contribution is 6.35. The van der Waals surface area contributed by atoms with Crippen LogP contribution in [-0.2, 0) is 6.54 Å². The number of halogens is 2. The average Bonchev–Trinajstić information content (AvgIpc) is 2.77. The lowest BCUT2D eigenvalue weighted by molar-refractivity contribution is 0.180. The fourth-order valence-corrected chi connectivity index (χ4v) is 3.63. The Hall–Kier alpha value is -0.320. The maximum absolute atomic E-state index is 6.35. The summed E-state index contributed by atoms with van der Waals surface area (Å²) in [6.07, 6.45) is 0. The summed E-state index contributed by atoms with van der Waals surface area (Å²) in [7, 11) is 0. The maximum atomic E-state index is 6.35. The first-order chi connectivity index (χ1) is 9.60. The quantitative estimate of drug-likeness (QED) is 0.875. The van der Waals surface area contributed by atoms with Gasteiger partial charge in [0, 0.05) is 42.3 Å². The minimum atomic E-state index is 0.213. The summed E-state index contributed by atoms with van der Waals surface area (Å²) in [5.74, 6) is 0. The summed E-state index contributed by atoms with van der Waals surface area (Å²) < 4.78 is 0. The topological polar surface area (TPSA) is 32.5 Å². The third-order valence-corrected chi connectivity index (χ3v) is 4.68. The zero-order valence-electron chi connectivity index (χ0n) is 12.2. The number of nitrogens with two attached hydrogens (primary N) is 1. The molecule has 3 nitrogen and oxygen atoms in total. The van der Waals surface area contributed by atoms with Crippen LogP contribution in [-0.4, -0.2) is 42.5 Å². The highest BCUT2D eigenvalue weighted by Gasteiger charge is 2.31. The molecule has 0 radical (unpaired) electrons. The van der Waals surface area contributed by atoms with E-state index >= 15 is 0 Å². The van der Waals surface area contributed by atoms with Crippen molar-refractivity contribution in [1.29, 1.82) is 0 Å². The van der Waals surface area contributed by atoms with Gasteiger partial charge >= 0.3 is 0 Å². The lowest BCUT2D eigenvalue weighted by Crippen LogP contribution is -2.36. The molecule has 0 fully saturated rings. The van der Waals surface area contributed by atoms with Crippen LogP contribution < -0.4 is 5.73 Å². The molecule has 112 valence electrons. The van der Waals surface area contributed by atoms with Crippen molar-refractivity contribution >= 4 is 23.2 Å². The van der Waals surface area contributed by atoms with Gasteiger partial charge in [0.1, 0.15) is 0 Å². The molecule has 1 atom stereocenters. The Bertz CT molecular complexity index is 461. The van der Waals surface area contributed by atoms with E-state index in [1.54, 1.807) is 0 Å². The SMILES string of the molecule is CCN(CC)CCN1Cc2cc(Cl)cc(Cl)c2C1CN. The van der Waals surface area contributed by atoms with E-state index in [2.05, 4.69) is 23.6 Å². The van der Waals surface area contributed by atoms with Crippen molar-refractivity contribution in [2.75, 3.05) is 32.7 Å². The van der Waals surface area contributed by atoms with E-state index in [-0.39, 0.29) is 6.04 Å². The van der Waals surface area contributed by atoms with E-state index in [0.29, 0.717) is 11.6 Å². The summed E-state index contributed by atoms with van der Waals surface area (Å²) in [5, 5.41) is 1.45. The summed E-state index contributed by atoms with van der Waals surface area (Å²) in [6.45, 7) is 10.1. The molecule has 1 unspecified atom stereocenters. The highest BCUT2D eigenvalue weighted by Crippen LogP contribution is 2.39. The van der Waals surface area contributed by atoms with Gasteiger partial charge in [-0.25, -0.2) is 0 Å². The van der Waals surface area contributed by atoms with Crippen LogP contribution in [0.4, 0.5) is 0 Å².